The molecule has 2 aromatic carbocycles. The standard InChI is InChI=1S/C24H21F2N5O3.CH4/c1-33-20-15-30(18-8-7-17(21(25)22(18)26)29-11-13-34-14-12-29)28-23(24(20)32)19-9-10-27-31(19)16-5-3-2-4-6-16;/h2-10,15H,11-14H2,1H3;1H4. The molecule has 0 atom stereocenters. The third-order valence-electron chi connectivity index (χ3n) is 5.63. The Kier molecular flexibility index (Phi) is 6.92. The van der Waals surface area contributed by atoms with Crippen LogP contribution < -0.4 is 15.1 Å². The van der Waals surface area contributed by atoms with Crippen molar-refractivity contribution in [2.75, 3.05) is 38.3 Å². The molecule has 10 heteroatoms. The molecule has 182 valence electrons. The van der Waals surface area contributed by atoms with Crippen LogP contribution in [0.15, 0.2) is 65.7 Å². The molecule has 0 aliphatic carbocycles. The van der Waals surface area contributed by atoms with Gasteiger partial charge in [0, 0.05) is 13.1 Å². The molecule has 1 saturated heterocycles. The first-order chi connectivity index (χ1) is 16.6. The number of anilines is 1. The maximum atomic E-state index is 15.2. The summed E-state index contributed by atoms with van der Waals surface area (Å²) in [4.78, 5) is 14.8. The molecule has 1 fully saturated rings. The van der Waals surface area contributed by atoms with E-state index in [2.05, 4.69) is 10.2 Å². The summed E-state index contributed by atoms with van der Waals surface area (Å²) < 4.78 is 43.5. The van der Waals surface area contributed by atoms with Gasteiger partial charge in [-0.05, 0) is 30.3 Å². The van der Waals surface area contributed by atoms with E-state index in [-0.39, 0.29) is 30.2 Å². The van der Waals surface area contributed by atoms with Crippen LogP contribution in [0.5, 0.6) is 5.75 Å². The number of ether oxygens (including phenoxy) is 2. The number of hydrogen-bond donors (Lipinski definition) is 0. The van der Waals surface area contributed by atoms with E-state index in [9.17, 15) is 4.79 Å². The zero-order valence-electron chi connectivity index (χ0n) is 18.3. The van der Waals surface area contributed by atoms with Crippen LogP contribution >= 0.6 is 0 Å². The van der Waals surface area contributed by atoms with Crippen LogP contribution in [-0.4, -0.2) is 53.0 Å². The van der Waals surface area contributed by atoms with E-state index < -0.39 is 17.1 Å². The van der Waals surface area contributed by atoms with Crippen molar-refractivity contribution in [3.05, 3.63) is 82.8 Å². The average molecular weight is 482 g/mol. The van der Waals surface area contributed by atoms with Crippen molar-refractivity contribution < 1.29 is 18.3 Å². The number of rotatable bonds is 5. The maximum Gasteiger partial charge on any atom is 0.251 e. The van der Waals surface area contributed by atoms with Crippen molar-refractivity contribution in [2.45, 2.75) is 7.43 Å². The molecule has 0 bridgehead atoms. The zero-order valence-corrected chi connectivity index (χ0v) is 18.3. The van der Waals surface area contributed by atoms with Crippen molar-refractivity contribution in [3.63, 3.8) is 0 Å². The van der Waals surface area contributed by atoms with Gasteiger partial charge >= 0.3 is 0 Å². The van der Waals surface area contributed by atoms with E-state index in [0.29, 0.717) is 37.7 Å². The van der Waals surface area contributed by atoms with E-state index >= 15 is 8.78 Å². The van der Waals surface area contributed by atoms with Crippen LogP contribution in [0.2, 0.25) is 0 Å². The molecule has 0 spiro atoms. The molecule has 0 unspecified atom stereocenters. The third kappa shape index (κ3) is 4.40. The number of hydrogen-bond acceptors (Lipinski definition) is 6. The van der Waals surface area contributed by atoms with Gasteiger partial charge in [0.05, 0.1) is 49.8 Å². The number of para-hydroxylation sites is 1. The molecule has 1 aliphatic rings. The average Bonchev–Trinajstić information content (AvgIpc) is 3.37. The highest BCUT2D eigenvalue weighted by Crippen LogP contribution is 2.28. The predicted molar refractivity (Wildman–Crippen MR) is 129 cm³/mol. The second-order valence-corrected chi connectivity index (χ2v) is 7.61. The van der Waals surface area contributed by atoms with E-state index in [1.54, 1.807) is 15.6 Å². The lowest BCUT2D eigenvalue weighted by molar-refractivity contribution is 0.122. The molecule has 4 aromatic rings. The van der Waals surface area contributed by atoms with Gasteiger partial charge in [-0.15, -0.1) is 0 Å². The number of aromatic nitrogens is 4. The van der Waals surface area contributed by atoms with Gasteiger partial charge in [0.25, 0.3) is 5.43 Å². The summed E-state index contributed by atoms with van der Waals surface area (Å²) in [6, 6.07) is 13.7. The van der Waals surface area contributed by atoms with Gasteiger partial charge in [0.1, 0.15) is 5.69 Å². The van der Waals surface area contributed by atoms with Crippen LogP contribution in [0.4, 0.5) is 14.5 Å². The largest absolute Gasteiger partial charge is 0.491 e. The van der Waals surface area contributed by atoms with E-state index in [4.69, 9.17) is 9.47 Å². The lowest BCUT2D eigenvalue weighted by Crippen LogP contribution is -2.37. The minimum atomic E-state index is -1.08. The summed E-state index contributed by atoms with van der Waals surface area (Å²) in [5.41, 5.74) is 0.583. The topological polar surface area (TPSA) is 74.4 Å². The lowest BCUT2D eigenvalue weighted by Gasteiger charge is -2.29. The Morgan fingerprint density at radius 1 is 0.971 bits per heavy atom. The van der Waals surface area contributed by atoms with Crippen LogP contribution in [0.1, 0.15) is 7.43 Å². The molecule has 8 nitrogen and oxygen atoms in total. The summed E-state index contributed by atoms with van der Waals surface area (Å²) in [6.45, 7) is 1.82. The second kappa shape index (κ2) is 10.1. The molecular weight excluding hydrogens is 456 g/mol. The Labute approximate surface area is 200 Å². The zero-order chi connectivity index (χ0) is 23.7. The van der Waals surface area contributed by atoms with Crippen molar-refractivity contribution in [1.82, 2.24) is 19.6 Å². The molecule has 5 rings (SSSR count). The lowest BCUT2D eigenvalue weighted by atomic mass is 10.2. The Morgan fingerprint density at radius 3 is 2.37 bits per heavy atom. The molecule has 2 aromatic heterocycles. The Morgan fingerprint density at radius 2 is 1.66 bits per heavy atom. The first-order valence-electron chi connectivity index (χ1n) is 10.7. The minimum Gasteiger partial charge on any atom is -0.491 e. The van der Waals surface area contributed by atoms with Crippen LogP contribution in [-0.2, 0) is 4.74 Å². The SMILES string of the molecule is C.COc1cn(-c2ccc(N3CCOCC3)c(F)c2F)nc(-c2ccnn2-c2ccccc2)c1=O. The monoisotopic (exact) mass is 481 g/mol. The number of morpholine rings is 1. The van der Waals surface area contributed by atoms with Crippen molar-refractivity contribution >= 4 is 5.69 Å². The summed E-state index contributed by atoms with van der Waals surface area (Å²) in [5.74, 6) is -2.14. The Bertz CT molecular complexity index is 1380. The fourth-order valence-corrected chi connectivity index (χ4v) is 3.92. The predicted octanol–water partition coefficient (Wildman–Crippen LogP) is 3.84. The van der Waals surface area contributed by atoms with Crippen LogP contribution in [0.3, 0.4) is 0 Å². The minimum absolute atomic E-state index is 0. The highest BCUT2D eigenvalue weighted by molar-refractivity contribution is 5.60. The second-order valence-electron chi connectivity index (χ2n) is 7.61. The molecule has 0 N–H and O–H groups in total. The third-order valence-corrected chi connectivity index (χ3v) is 5.63. The van der Waals surface area contributed by atoms with Crippen LogP contribution in [0, 0.1) is 11.6 Å². The smallest absolute Gasteiger partial charge is 0.251 e. The van der Waals surface area contributed by atoms with Gasteiger partial charge in [-0.1, -0.05) is 25.6 Å². The number of methoxy groups -OCH3 is 1. The number of benzene rings is 2. The highest BCUT2D eigenvalue weighted by atomic mass is 19.2. The first-order valence-corrected chi connectivity index (χ1v) is 10.7. The van der Waals surface area contributed by atoms with Gasteiger partial charge in [0.2, 0.25) is 0 Å². The molecule has 0 radical (unpaired) electrons. The maximum absolute atomic E-state index is 15.2. The van der Waals surface area contributed by atoms with Gasteiger partial charge in [-0.3, -0.25) is 4.79 Å². The Hall–Kier alpha value is -4.05. The first kappa shape index (κ1) is 24.1. The van der Waals surface area contributed by atoms with E-state index in [1.807, 2.05) is 30.3 Å². The summed E-state index contributed by atoms with van der Waals surface area (Å²) in [6.07, 6.45) is 2.77. The van der Waals surface area contributed by atoms with E-state index in [1.165, 1.54) is 31.6 Å². The molecule has 1 aliphatic heterocycles. The number of nitrogens with zero attached hydrogens (tertiary/aromatic N) is 5. The number of halogens is 2. The van der Waals surface area contributed by atoms with Gasteiger partial charge < -0.3 is 14.4 Å². The van der Waals surface area contributed by atoms with Crippen molar-refractivity contribution in [1.29, 1.82) is 0 Å². The molecule has 35 heavy (non-hydrogen) atoms. The normalized spacial score (nSPS) is 13.4. The Balaban J connectivity index is 0.00000289. The van der Waals surface area contributed by atoms with Gasteiger partial charge in [0.15, 0.2) is 23.1 Å². The van der Waals surface area contributed by atoms with Crippen molar-refractivity contribution in [2.24, 2.45) is 0 Å². The van der Waals surface area contributed by atoms with Gasteiger partial charge in [-0.2, -0.15) is 10.2 Å². The van der Waals surface area contributed by atoms with Gasteiger partial charge in [-0.25, -0.2) is 18.1 Å². The summed E-state index contributed by atoms with van der Waals surface area (Å²) in [5, 5.41) is 8.64. The fourth-order valence-electron chi connectivity index (χ4n) is 3.92. The molecule has 3 heterocycles. The molecule has 0 amide bonds. The van der Waals surface area contributed by atoms with Crippen molar-refractivity contribution in [3.8, 4) is 28.5 Å². The highest BCUT2D eigenvalue weighted by Gasteiger charge is 2.23. The molecule has 0 saturated carbocycles. The summed E-state index contributed by atoms with van der Waals surface area (Å²) >= 11 is 0. The summed E-state index contributed by atoms with van der Waals surface area (Å²) in [7, 11) is 1.33. The van der Waals surface area contributed by atoms with Crippen LogP contribution in [0.25, 0.3) is 22.8 Å². The van der Waals surface area contributed by atoms with E-state index in [0.717, 1.165) is 4.68 Å². The molecular formula is C25H25F2N5O3. The fraction of sp³-hybridized carbons (Fsp3) is 0.240. The quantitative estimate of drug-likeness (QED) is 0.431.